The number of benzene rings is 2. The zero-order valence-electron chi connectivity index (χ0n) is 10.6. The van der Waals surface area contributed by atoms with Crippen molar-refractivity contribution in [3.63, 3.8) is 0 Å². The van der Waals surface area contributed by atoms with Gasteiger partial charge in [-0.05, 0) is 36.5 Å². The molecule has 2 rings (SSSR count). The summed E-state index contributed by atoms with van der Waals surface area (Å²) >= 11 is 5.07. The van der Waals surface area contributed by atoms with Crippen molar-refractivity contribution in [2.75, 3.05) is 11.1 Å². The molecule has 5 N–H and O–H groups in total. The van der Waals surface area contributed by atoms with Gasteiger partial charge in [-0.3, -0.25) is 15.6 Å². The summed E-state index contributed by atoms with van der Waals surface area (Å²) in [5, 5.41) is 3.23. The van der Waals surface area contributed by atoms with Crippen molar-refractivity contribution in [1.29, 1.82) is 0 Å². The van der Waals surface area contributed by atoms with Crippen LogP contribution in [0.5, 0.6) is 0 Å². The minimum Gasteiger partial charge on any atom is -0.398 e. The molecule has 20 heavy (non-hydrogen) atoms. The van der Waals surface area contributed by atoms with E-state index in [2.05, 4.69) is 16.2 Å². The van der Waals surface area contributed by atoms with Gasteiger partial charge in [0.15, 0.2) is 5.11 Å². The van der Waals surface area contributed by atoms with E-state index in [1.807, 2.05) is 30.3 Å². The van der Waals surface area contributed by atoms with Crippen LogP contribution >= 0.6 is 12.2 Å². The first-order valence-electron chi connectivity index (χ1n) is 5.93. The summed E-state index contributed by atoms with van der Waals surface area (Å²) in [4.78, 5) is 11.9. The minimum atomic E-state index is -0.347. The average Bonchev–Trinajstić information content (AvgIpc) is 2.46. The largest absolute Gasteiger partial charge is 0.398 e. The Morgan fingerprint density at radius 1 is 0.950 bits per heavy atom. The molecular weight excluding hydrogens is 272 g/mol. The molecule has 102 valence electrons. The number of nitrogens with one attached hydrogen (secondary N) is 3. The number of carbonyl (C=O) groups excluding carboxylic acids is 1. The number of hydrogen-bond donors (Lipinski definition) is 4. The predicted octanol–water partition coefficient (Wildman–Crippen LogP) is 1.90. The number of hydrazine groups is 1. The van der Waals surface area contributed by atoms with Crippen LogP contribution in [0.1, 0.15) is 10.4 Å². The molecule has 0 aliphatic rings. The topological polar surface area (TPSA) is 79.2 Å². The fourth-order valence-electron chi connectivity index (χ4n) is 1.57. The van der Waals surface area contributed by atoms with Crippen molar-refractivity contribution in [3.8, 4) is 0 Å². The highest BCUT2D eigenvalue weighted by atomic mass is 32.1. The summed E-state index contributed by atoms with van der Waals surface area (Å²) < 4.78 is 0. The van der Waals surface area contributed by atoms with Gasteiger partial charge >= 0.3 is 0 Å². The zero-order chi connectivity index (χ0) is 14.4. The van der Waals surface area contributed by atoms with Crippen LogP contribution in [0, 0.1) is 0 Å². The Hall–Kier alpha value is -2.60. The second kappa shape index (κ2) is 6.53. The predicted molar refractivity (Wildman–Crippen MR) is 84.1 cm³/mol. The van der Waals surface area contributed by atoms with E-state index in [1.54, 1.807) is 24.3 Å². The molecule has 2 aromatic rings. The van der Waals surface area contributed by atoms with Crippen LogP contribution in [0.15, 0.2) is 54.6 Å². The van der Waals surface area contributed by atoms with Gasteiger partial charge in [0.25, 0.3) is 5.91 Å². The van der Waals surface area contributed by atoms with E-state index in [1.165, 1.54) is 0 Å². The van der Waals surface area contributed by atoms with E-state index in [4.69, 9.17) is 18.0 Å². The van der Waals surface area contributed by atoms with E-state index in [0.29, 0.717) is 16.4 Å². The van der Waals surface area contributed by atoms with Gasteiger partial charge in [-0.25, -0.2) is 0 Å². The molecule has 0 saturated carbocycles. The second-order valence-corrected chi connectivity index (χ2v) is 4.39. The lowest BCUT2D eigenvalue weighted by Gasteiger charge is -2.12. The third-order valence-electron chi connectivity index (χ3n) is 2.53. The van der Waals surface area contributed by atoms with Crippen LogP contribution < -0.4 is 21.9 Å². The van der Waals surface area contributed by atoms with Gasteiger partial charge in [-0.15, -0.1) is 0 Å². The lowest BCUT2D eigenvalue weighted by Crippen LogP contribution is -2.43. The lowest BCUT2D eigenvalue weighted by molar-refractivity contribution is 0.0945. The number of hydrogen-bond acceptors (Lipinski definition) is 3. The molecule has 0 atom stereocenters. The smallest absolute Gasteiger partial charge is 0.271 e. The van der Waals surface area contributed by atoms with Crippen molar-refractivity contribution in [1.82, 2.24) is 10.9 Å². The maximum atomic E-state index is 11.9. The highest BCUT2D eigenvalue weighted by Crippen LogP contribution is 2.09. The molecule has 0 bridgehead atoms. The fraction of sp³-hybridized carbons (Fsp3) is 0. The van der Waals surface area contributed by atoms with Crippen molar-refractivity contribution >= 4 is 34.6 Å². The van der Waals surface area contributed by atoms with Gasteiger partial charge in [0.1, 0.15) is 0 Å². The molecule has 0 aliphatic carbocycles. The third kappa shape index (κ3) is 3.69. The van der Waals surface area contributed by atoms with E-state index in [0.717, 1.165) is 5.69 Å². The molecule has 1 amide bonds. The summed E-state index contributed by atoms with van der Waals surface area (Å²) in [5.41, 5.74) is 12.5. The Labute approximate surface area is 122 Å². The molecule has 0 radical (unpaired) electrons. The maximum absolute atomic E-state index is 11.9. The Bertz CT molecular complexity index is 616. The number of amides is 1. The SMILES string of the molecule is Nc1ccccc1C(=O)NNC(=S)Nc1ccccc1. The molecule has 0 saturated heterocycles. The second-order valence-electron chi connectivity index (χ2n) is 3.99. The van der Waals surface area contributed by atoms with Crippen LogP contribution in [0.2, 0.25) is 0 Å². The van der Waals surface area contributed by atoms with Gasteiger partial charge in [0.2, 0.25) is 0 Å². The first-order chi connectivity index (χ1) is 9.66. The highest BCUT2D eigenvalue weighted by Gasteiger charge is 2.08. The number of nitrogen functional groups attached to an aromatic ring is 1. The maximum Gasteiger partial charge on any atom is 0.271 e. The number of nitrogens with two attached hydrogens (primary N) is 1. The van der Waals surface area contributed by atoms with E-state index in [-0.39, 0.29) is 5.91 Å². The van der Waals surface area contributed by atoms with E-state index in [9.17, 15) is 4.79 Å². The molecule has 0 aromatic heterocycles. The summed E-state index contributed by atoms with van der Waals surface area (Å²) in [6.45, 7) is 0. The van der Waals surface area contributed by atoms with Gasteiger partial charge in [0.05, 0.1) is 5.56 Å². The van der Waals surface area contributed by atoms with Crippen LogP contribution in [-0.2, 0) is 0 Å². The van der Waals surface area contributed by atoms with Gasteiger partial charge < -0.3 is 11.1 Å². The minimum absolute atomic E-state index is 0.291. The summed E-state index contributed by atoms with van der Waals surface area (Å²) in [6, 6.07) is 16.2. The first-order valence-corrected chi connectivity index (χ1v) is 6.34. The molecule has 5 nitrogen and oxygen atoms in total. The highest BCUT2D eigenvalue weighted by molar-refractivity contribution is 7.80. The summed E-state index contributed by atoms with van der Waals surface area (Å²) in [7, 11) is 0. The summed E-state index contributed by atoms with van der Waals surface area (Å²) in [6.07, 6.45) is 0. The average molecular weight is 286 g/mol. The number of thiocarbonyl (C=S) groups is 1. The Balaban J connectivity index is 1.88. The van der Waals surface area contributed by atoms with Gasteiger partial charge in [0, 0.05) is 11.4 Å². The standard InChI is InChI=1S/C14H14N4OS/c15-12-9-5-4-8-11(12)13(19)17-18-14(20)16-10-6-2-1-3-7-10/h1-9H,15H2,(H,17,19)(H2,16,18,20). The summed E-state index contributed by atoms with van der Waals surface area (Å²) in [5.74, 6) is -0.347. The monoisotopic (exact) mass is 286 g/mol. The normalized spacial score (nSPS) is 9.60. The Morgan fingerprint density at radius 2 is 1.60 bits per heavy atom. The molecule has 0 heterocycles. The third-order valence-corrected chi connectivity index (χ3v) is 2.73. The molecule has 0 fully saturated rings. The number of carbonyl (C=O) groups is 1. The molecular formula is C14H14N4OS. The number of anilines is 2. The number of rotatable bonds is 2. The Morgan fingerprint density at radius 3 is 2.30 bits per heavy atom. The molecule has 0 spiro atoms. The van der Waals surface area contributed by atoms with E-state index < -0.39 is 0 Å². The van der Waals surface area contributed by atoms with Crippen LogP contribution in [0.25, 0.3) is 0 Å². The van der Waals surface area contributed by atoms with Crippen molar-refractivity contribution in [2.24, 2.45) is 0 Å². The quantitative estimate of drug-likeness (QED) is 0.385. The molecule has 6 heteroatoms. The van der Waals surface area contributed by atoms with E-state index >= 15 is 0 Å². The molecule has 2 aromatic carbocycles. The van der Waals surface area contributed by atoms with Crippen LogP contribution in [0.4, 0.5) is 11.4 Å². The van der Waals surface area contributed by atoms with Crippen molar-refractivity contribution in [2.45, 2.75) is 0 Å². The lowest BCUT2D eigenvalue weighted by atomic mass is 10.2. The molecule has 0 unspecified atom stereocenters. The van der Waals surface area contributed by atoms with Crippen molar-refractivity contribution in [3.05, 3.63) is 60.2 Å². The Kier molecular flexibility index (Phi) is 4.52. The van der Waals surface area contributed by atoms with Gasteiger partial charge in [-0.2, -0.15) is 0 Å². The number of para-hydroxylation sites is 2. The first kappa shape index (κ1) is 13.8. The molecule has 0 aliphatic heterocycles. The van der Waals surface area contributed by atoms with Crippen LogP contribution in [0.3, 0.4) is 0 Å². The zero-order valence-corrected chi connectivity index (χ0v) is 11.4. The van der Waals surface area contributed by atoms with Crippen LogP contribution in [-0.4, -0.2) is 11.0 Å². The van der Waals surface area contributed by atoms with Gasteiger partial charge in [-0.1, -0.05) is 30.3 Å². The fourth-order valence-corrected chi connectivity index (χ4v) is 1.74. The van der Waals surface area contributed by atoms with Crippen molar-refractivity contribution < 1.29 is 4.79 Å².